The van der Waals surface area contributed by atoms with Crippen LogP contribution >= 0.6 is 0 Å². The number of hydrogen-bond acceptors (Lipinski definition) is 3. The molecule has 1 atom stereocenters. The Kier molecular flexibility index (Phi) is 4.80. The van der Waals surface area contributed by atoms with E-state index in [2.05, 4.69) is 0 Å². The average molecular weight is 253 g/mol. The molecule has 1 fully saturated rings. The quantitative estimate of drug-likeness (QED) is 0.785. The van der Waals surface area contributed by atoms with E-state index in [0.717, 1.165) is 0 Å². The minimum atomic E-state index is -4.09. The smallest absolute Gasteiger partial charge is 0.391 e. The summed E-state index contributed by atoms with van der Waals surface area (Å²) in [7, 11) is 0. The molecule has 0 aromatic carbocycles. The molecule has 0 saturated heterocycles. The summed E-state index contributed by atoms with van der Waals surface area (Å²) in [4.78, 5) is 11.1. The molecule has 0 aliphatic heterocycles. The van der Waals surface area contributed by atoms with Gasteiger partial charge in [-0.3, -0.25) is 4.79 Å². The SMILES string of the molecule is C[C@H](N)C(=O)OCC1CCC(C(F)(F)F)CC1. The van der Waals surface area contributed by atoms with Gasteiger partial charge < -0.3 is 10.5 Å². The van der Waals surface area contributed by atoms with Gasteiger partial charge >= 0.3 is 12.1 Å². The van der Waals surface area contributed by atoms with Crippen LogP contribution in [0.4, 0.5) is 13.2 Å². The monoisotopic (exact) mass is 253 g/mol. The number of halogens is 3. The van der Waals surface area contributed by atoms with Crippen molar-refractivity contribution in [2.45, 2.75) is 44.8 Å². The summed E-state index contributed by atoms with van der Waals surface area (Å²) in [6, 6.07) is -0.679. The Balaban J connectivity index is 2.26. The van der Waals surface area contributed by atoms with Gasteiger partial charge in [0.2, 0.25) is 0 Å². The second-order valence-electron chi connectivity index (χ2n) is 4.68. The molecule has 6 heteroatoms. The third-order valence-electron chi connectivity index (χ3n) is 3.14. The van der Waals surface area contributed by atoms with Gasteiger partial charge in [0.05, 0.1) is 12.5 Å². The minimum Gasteiger partial charge on any atom is -0.464 e. The van der Waals surface area contributed by atoms with Gasteiger partial charge in [-0.2, -0.15) is 13.2 Å². The summed E-state index contributed by atoms with van der Waals surface area (Å²) in [6.45, 7) is 1.70. The van der Waals surface area contributed by atoms with Crippen LogP contribution in [0.2, 0.25) is 0 Å². The maximum Gasteiger partial charge on any atom is 0.391 e. The average Bonchev–Trinajstić information content (AvgIpc) is 2.25. The Morgan fingerprint density at radius 1 is 1.35 bits per heavy atom. The molecule has 100 valence electrons. The van der Waals surface area contributed by atoms with Crippen LogP contribution in [-0.4, -0.2) is 24.8 Å². The molecule has 0 bridgehead atoms. The molecular formula is C11H18F3NO2. The first-order chi connectivity index (χ1) is 7.80. The fraction of sp³-hybridized carbons (Fsp3) is 0.909. The van der Waals surface area contributed by atoms with Crippen LogP contribution < -0.4 is 5.73 Å². The van der Waals surface area contributed by atoms with Gasteiger partial charge in [-0.1, -0.05) is 0 Å². The summed E-state index contributed by atoms with van der Waals surface area (Å²) < 4.78 is 42.1. The van der Waals surface area contributed by atoms with Crippen molar-refractivity contribution >= 4 is 5.97 Å². The van der Waals surface area contributed by atoms with Crippen molar-refractivity contribution in [3.05, 3.63) is 0 Å². The van der Waals surface area contributed by atoms with Crippen LogP contribution in [0, 0.1) is 11.8 Å². The van der Waals surface area contributed by atoms with Crippen molar-refractivity contribution < 1.29 is 22.7 Å². The summed E-state index contributed by atoms with van der Waals surface area (Å²) in [5.74, 6) is -1.65. The maximum absolute atomic E-state index is 12.4. The molecule has 1 saturated carbocycles. The predicted molar refractivity (Wildman–Crippen MR) is 56.1 cm³/mol. The summed E-state index contributed by atoms with van der Waals surface area (Å²) in [5, 5.41) is 0. The number of alkyl halides is 3. The lowest BCUT2D eigenvalue weighted by atomic mass is 9.82. The number of nitrogens with two attached hydrogens (primary N) is 1. The number of hydrogen-bond donors (Lipinski definition) is 1. The number of esters is 1. The Morgan fingerprint density at radius 2 is 1.88 bits per heavy atom. The van der Waals surface area contributed by atoms with Crippen LogP contribution in [-0.2, 0) is 9.53 Å². The molecule has 0 amide bonds. The van der Waals surface area contributed by atoms with Crippen LogP contribution in [0.15, 0.2) is 0 Å². The molecule has 0 aromatic heterocycles. The number of rotatable bonds is 3. The van der Waals surface area contributed by atoms with E-state index >= 15 is 0 Å². The van der Waals surface area contributed by atoms with Crippen molar-refractivity contribution in [3.63, 3.8) is 0 Å². The zero-order valence-corrected chi connectivity index (χ0v) is 9.80. The van der Waals surface area contributed by atoms with Crippen LogP contribution in [0.5, 0.6) is 0 Å². The fourth-order valence-corrected chi connectivity index (χ4v) is 1.99. The van der Waals surface area contributed by atoms with E-state index in [-0.39, 0.29) is 25.4 Å². The molecule has 0 heterocycles. The van der Waals surface area contributed by atoms with Crippen LogP contribution in [0.25, 0.3) is 0 Å². The second kappa shape index (κ2) is 5.71. The number of carbonyl (C=O) groups is 1. The number of carbonyl (C=O) groups excluding carboxylic acids is 1. The molecule has 1 aliphatic rings. The van der Waals surface area contributed by atoms with Gasteiger partial charge in [-0.25, -0.2) is 0 Å². The molecule has 3 nitrogen and oxygen atoms in total. The van der Waals surface area contributed by atoms with Gasteiger partial charge in [-0.15, -0.1) is 0 Å². The Labute approximate surface area is 98.5 Å². The lowest BCUT2D eigenvalue weighted by Crippen LogP contribution is -2.32. The van der Waals surface area contributed by atoms with E-state index in [1.54, 1.807) is 0 Å². The maximum atomic E-state index is 12.4. The van der Waals surface area contributed by atoms with Crippen molar-refractivity contribution in [1.29, 1.82) is 0 Å². The third-order valence-corrected chi connectivity index (χ3v) is 3.14. The van der Waals surface area contributed by atoms with Crippen molar-refractivity contribution in [2.75, 3.05) is 6.61 Å². The highest BCUT2D eigenvalue weighted by molar-refractivity contribution is 5.74. The van der Waals surface area contributed by atoms with E-state index in [1.165, 1.54) is 6.92 Å². The van der Waals surface area contributed by atoms with Crippen molar-refractivity contribution in [1.82, 2.24) is 0 Å². The highest BCUT2D eigenvalue weighted by atomic mass is 19.4. The van der Waals surface area contributed by atoms with Gasteiger partial charge in [0.25, 0.3) is 0 Å². The number of ether oxygens (including phenoxy) is 1. The first-order valence-electron chi connectivity index (χ1n) is 5.79. The molecular weight excluding hydrogens is 235 g/mol. The minimum absolute atomic E-state index is 0.0382. The van der Waals surface area contributed by atoms with Crippen LogP contribution in [0.3, 0.4) is 0 Å². The first kappa shape index (κ1) is 14.3. The predicted octanol–water partition coefficient (Wildman–Crippen LogP) is 2.25. The molecule has 0 spiro atoms. The van der Waals surface area contributed by atoms with E-state index < -0.39 is 24.1 Å². The van der Waals surface area contributed by atoms with E-state index in [4.69, 9.17) is 10.5 Å². The topological polar surface area (TPSA) is 52.3 Å². The zero-order valence-electron chi connectivity index (χ0n) is 9.80. The van der Waals surface area contributed by atoms with Gasteiger partial charge in [0.1, 0.15) is 6.04 Å². The summed E-state index contributed by atoms with van der Waals surface area (Å²) in [6.07, 6.45) is -2.92. The molecule has 2 N–H and O–H groups in total. The van der Waals surface area contributed by atoms with Gasteiger partial charge in [0, 0.05) is 0 Å². The first-order valence-corrected chi connectivity index (χ1v) is 5.79. The highest BCUT2D eigenvalue weighted by Gasteiger charge is 2.41. The zero-order chi connectivity index (χ0) is 13.1. The lowest BCUT2D eigenvalue weighted by Gasteiger charge is -2.29. The molecule has 0 radical (unpaired) electrons. The van der Waals surface area contributed by atoms with E-state index in [1.807, 2.05) is 0 Å². The second-order valence-corrected chi connectivity index (χ2v) is 4.68. The normalized spacial score (nSPS) is 27.6. The molecule has 1 aliphatic carbocycles. The molecule has 0 unspecified atom stereocenters. The Hall–Kier alpha value is -0.780. The van der Waals surface area contributed by atoms with Gasteiger partial charge in [-0.05, 0) is 38.5 Å². The molecule has 0 aromatic rings. The van der Waals surface area contributed by atoms with Crippen LogP contribution in [0.1, 0.15) is 32.6 Å². The van der Waals surface area contributed by atoms with E-state index in [0.29, 0.717) is 12.8 Å². The molecule has 1 rings (SSSR count). The fourth-order valence-electron chi connectivity index (χ4n) is 1.99. The standard InChI is InChI=1S/C11H18F3NO2/c1-7(15)10(16)17-6-8-2-4-9(5-3-8)11(12,13)14/h7-9H,2-6,15H2,1H3/t7-,8?,9?/m0/s1. The Bertz CT molecular complexity index is 258. The largest absolute Gasteiger partial charge is 0.464 e. The van der Waals surface area contributed by atoms with Crippen molar-refractivity contribution in [3.8, 4) is 0 Å². The van der Waals surface area contributed by atoms with Gasteiger partial charge in [0.15, 0.2) is 0 Å². The third kappa shape index (κ3) is 4.53. The summed E-state index contributed by atoms with van der Waals surface area (Å²) >= 11 is 0. The van der Waals surface area contributed by atoms with Crippen molar-refractivity contribution in [2.24, 2.45) is 17.6 Å². The molecule has 17 heavy (non-hydrogen) atoms. The highest BCUT2D eigenvalue weighted by Crippen LogP contribution is 2.39. The Morgan fingerprint density at radius 3 is 2.29 bits per heavy atom. The van der Waals surface area contributed by atoms with E-state index in [9.17, 15) is 18.0 Å². The summed E-state index contributed by atoms with van der Waals surface area (Å²) in [5.41, 5.74) is 5.31. The lowest BCUT2D eigenvalue weighted by molar-refractivity contribution is -0.185.